The van der Waals surface area contributed by atoms with E-state index in [1.807, 2.05) is 13.0 Å². The van der Waals surface area contributed by atoms with Gasteiger partial charge in [0.1, 0.15) is 0 Å². The highest BCUT2D eigenvalue weighted by Crippen LogP contribution is 2.32. The normalized spacial score (nSPS) is 22.8. The lowest BCUT2D eigenvalue weighted by Gasteiger charge is -2.39. The second-order valence-corrected chi connectivity index (χ2v) is 7.56. The Morgan fingerprint density at radius 3 is 2.61 bits per heavy atom. The summed E-state index contributed by atoms with van der Waals surface area (Å²) in [7, 11) is 0. The van der Waals surface area contributed by atoms with Crippen molar-refractivity contribution in [2.45, 2.75) is 43.4 Å². The Morgan fingerprint density at radius 1 is 1.30 bits per heavy atom. The summed E-state index contributed by atoms with van der Waals surface area (Å²) in [5.74, 6) is -0.281. The second-order valence-electron chi connectivity index (χ2n) is 6.37. The van der Waals surface area contributed by atoms with Crippen LogP contribution in [0.1, 0.15) is 32.6 Å². The number of hydrogen-bond donors (Lipinski definition) is 1. The topological polar surface area (TPSA) is 66.5 Å². The summed E-state index contributed by atoms with van der Waals surface area (Å²) in [6.45, 7) is 2.04. The summed E-state index contributed by atoms with van der Waals surface area (Å²) in [6, 6.07) is 8.92. The van der Waals surface area contributed by atoms with Gasteiger partial charge in [0.2, 0.25) is 17.7 Å². The summed E-state index contributed by atoms with van der Waals surface area (Å²) >= 11 is 1.25. The zero-order valence-corrected chi connectivity index (χ0v) is 13.9. The molecule has 23 heavy (non-hydrogen) atoms. The van der Waals surface area contributed by atoms with Crippen LogP contribution in [0.2, 0.25) is 0 Å². The molecule has 1 aliphatic heterocycles. The number of anilines is 1. The van der Waals surface area contributed by atoms with Crippen molar-refractivity contribution in [3.8, 4) is 0 Å². The van der Waals surface area contributed by atoms with Gasteiger partial charge in [-0.05, 0) is 38.3 Å². The van der Waals surface area contributed by atoms with Gasteiger partial charge in [-0.1, -0.05) is 18.2 Å². The maximum absolute atomic E-state index is 12.4. The van der Waals surface area contributed by atoms with Crippen molar-refractivity contribution in [2.24, 2.45) is 0 Å². The molecule has 1 N–H and O–H groups in total. The number of amides is 3. The molecule has 3 amide bonds. The van der Waals surface area contributed by atoms with Crippen LogP contribution in [-0.2, 0) is 14.4 Å². The molecule has 1 saturated heterocycles. The number of imide groups is 1. The number of carbonyl (C=O) groups excluding carboxylic acids is 3. The minimum Gasteiger partial charge on any atom is -0.350 e. The van der Waals surface area contributed by atoms with Crippen LogP contribution in [0.25, 0.3) is 0 Å². The Bertz CT molecular complexity index is 628. The zero-order chi connectivity index (χ0) is 16.4. The van der Waals surface area contributed by atoms with Crippen molar-refractivity contribution >= 4 is 35.2 Å². The molecule has 1 atom stereocenters. The minimum atomic E-state index is -0.470. The Balaban J connectivity index is 1.56. The molecule has 0 spiro atoms. The monoisotopic (exact) mass is 332 g/mol. The van der Waals surface area contributed by atoms with Crippen LogP contribution >= 0.6 is 11.8 Å². The van der Waals surface area contributed by atoms with E-state index in [0.29, 0.717) is 5.69 Å². The molecule has 6 heteroatoms. The van der Waals surface area contributed by atoms with Crippen LogP contribution in [0.5, 0.6) is 0 Å². The molecule has 3 rings (SSSR count). The molecule has 5 nitrogen and oxygen atoms in total. The molecule has 1 saturated carbocycles. The maximum atomic E-state index is 12.4. The summed E-state index contributed by atoms with van der Waals surface area (Å²) in [4.78, 5) is 37.8. The highest BCUT2D eigenvalue weighted by Gasteiger charge is 2.40. The number of thioether (sulfide) groups is 1. The van der Waals surface area contributed by atoms with E-state index in [-0.39, 0.29) is 35.4 Å². The van der Waals surface area contributed by atoms with E-state index in [2.05, 4.69) is 5.32 Å². The Kier molecular flexibility index (Phi) is 4.43. The molecule has 2 aliphatic rings. The highest BCUT2D eigenvalue weighted by molar-refractivity contribution is 8.01. The fraction of sp³-hybridized carbons (Fsp3) is 0.471. The van der Waals surface area contributed by atoms with Gasteiger partial charge in [-0.15, -0.1) is 11.8 Å². The molecule has 1 aromatic carbocycles. The van der Waals surface area contributed by atoms with Gasteiger partial charge < -0.3 is 5.32 Å². The fourth-order valence-electron chi connectivity index (χ4n) is 2.96. The number of para-hydroxylation sites is 1. The lowest BCUT2D eigenvalue weighted by molar-refractivity contribution is -0.122. The number of nitrogens with one attached hydrogen (secondary N) is 1. The van der Waals surface area contributed by atoms with Gasteiger partial charge >= 0.3 is 0 Å². The van der Waals surface area contributed by atoms with Crippen LogP contribution in [0.4, 0.5) is 5.69 Å². The third-order valence-corrected chi connectivity index (χ3v) is 5.63. The van der Waals surface area contributed by atoms with Gasteiger partial charge in [-0.25, -0.2) is 4.90 Å². The highest BCUT2D eigenvalue weighted by atomic mass is 32.2. The first kappa shape index (κ1) is 16.1. The van der Waals surface area contributed by atoms with Gasteiger partial charge in [-0.3, -0.25) is 14.4 Å². The smallest absolute Gasteiger partial charge is 0.247 e. The van der Waals surface area contributed by atoms with Crippen LogP contribution in [0.3, 0.4) is 0 Å². The van der Waals surface area contributed by atoms with E-state index < -0.39 is 5.25 Å². The molecule has 1 aliphatic carbocycles. The predicted octanol–water partition coefficient (Wildman–Crippen LogP) is 2.11. The molecule has 0 bridgehead atoms. The first-order chi connectivity index (χ1) is 11.0. The molecule has 122 valence electrons. The molecule has 0 radical (unpaired) electrons. The third kappa shape index (κ3) is 3.42. The lowest BCUT2D eigenvalue weighted by Crippen LogP contribution is -2.51. The largest absolute Gasteiger partial charge is 0.350 e. The van der Waals surface area contributed by atoms with Gasteiger partial charge in [0, 0.05) is 12.0 Å². The molecule has 0 aromatic heterocycles. The molecular weight excluding hydrogens is 312 g/mol. The van der Waals surface area contributed by atoms with Gasteiger partial charge in [0.15, 0.2) is 0 Å². The standard InChI is InChI=1S/C17H20N2O3S/c1-17(8-5-9-17)18-14(20)11-23-13-10-15(21)19(16(13)22)12-6-3-2-4-7-12/h2-4,6-7,13H,5,8-11H2,1H3,(H,18,20)/t13-/m1/s1. The summed E-state index contributed by atoms with van der Waals surface area (Å²) in [5, 5.41) is 2.55. The van der Waals surface area contributed by atoms with Gasteiger partial charge in [-0.2, -0.15) is 0 Å². The molecular formula is C17H20N2O3S. The Hall–Kier alpha value is -1.82. The fourth-order valence-corrected chi connectivity index (χ4v) is 3.90. The second kappa shape index (κ2) is 6.35. The van der Waals surface area contributed by atoms with Gasteiger partial charge in [0.05, 0.1) is 16.7 Å². The average Bonchev–Trinajstić information content (AvgIpc) is 2.79. The predicted molar refractivity (Wildman–Crippen MR) is 90.2 cm³/mol. The number of hydrogen-bond acceptors (Lipinski definition) is 4. The molecule has 1 heterocycles. The first-order valence-corrected chi connectivity index (χ1v) is 8.88. The van der Waals surface area contributed by atoms with Crippen molar-refractivity contribution in [1.29, 1.82) is 0 Å². The first-order valence-electron chi connectivity index (χ1n) is 7.83. The van der Waals surface area contributed by atoms with Gasteiger partial charge in [0.25, 0.3) is 0 Å². The quantitative estimate of drug-likeness (QED) is 0.839. The SMILES string of the molecule is CC1(NC(=O)CS[C@@H]2CC(=O)N(c3ccccc3)C2=O)CCC1. The lowest BCUT2D eigenvalue weighted by atomic mass is 9.78. The molecule has 1 aromatic rings. The maximum Gasteiger partial charge on any atom is 0.247 e. The van der Waals surface area contributed by atoms with E-state index >= 15 is 0 Å². The van der Waals surface area contributed by atoms with E-state index in [4.69, 9.17) is 0 Å². The van der Waals surface area contributed by atoms with Crippen LogP contribution in [-0.4, -0.2) is 34.3 Å². The summed E-state index contributed by atoms with van der Waals surface area (Å²) in [6.07, 6.45) is 3.31. The van der Waals surface area contributed by atoms with Crippen molar-refractivity contribution in [3.05, 3.63) is 30.3 Å². The number of rotatable bonds is 5. The van der Waals surface area contributed by atoms with E-state index in [1.165, 1.54) is 16.7 Å². The molecule has 0 unspecified atom stereocenters. The van der Waals surface area contributed by atoms with E-state index in [0.717, 1.165) is 19.3 Å². The van der Waals surface area contributed by atoms with Crippen LogP contribution in [0.15, 0.2) is 30.3 Å². The number of nitrogens with zero attached hydrogens (tertiary/aromatic N) is 1. The Labute approximate surface area is 139 Å². The summed E-state index contributed by atoms with van der Waals surface area (Å²) in [5.41, 5.74) is 0.514. The number of benzene rings is 1. The number of carbonyl (C=O) groups is 3. The van der Waals surface area contributed by atoms with Crippen molar-refractivity contribution in [1.82, 2.24) is 5.32 Å². The average molecular weight is 332 g/mol. The summed E-state index contributed by atoms with van der Waals surface area (Å²) < 4.78 is 0. The van der Waals surface area contributed by atoms with Crippen LogP contribution < -0.4 is 10.2 Å². The minimum absolute atomic E-state index is 0.0596. The van der Waals surface area contributed by atoms with Crippen LogP contribution in [0, 0.1) is 0 Å². The van der Waals surface area contributed by atoms with Crippen molar-refractivity contribution in [3.63, 3.8) is 0 Å². The third-order valence-electron chi connectivity index (χ3n) is 4.43. The van der Waals surface area contributed by atoms with Crippen molar-refractivity contribution in [2.75, 3.05) is 10.7 Å². The van der Waals surface area contributed by atoms with E-state index in [9.17, 15) is 14.4 Å². The molecule has 2 fully saturated rings. The van der Waals surface area contributed by atoms with E-state index in [1.54, 1.807) is 24.3 Å². The zero-order valence-electron chi connectivity index (χ0n) is 13.1. The van der Waals surface area contributed by atoms with Crippen molar-refractivity contribution < 1.29 is 14.4 Å². The Morgan fingerprint density at radius 2 is 2.00 bits per heavy atom.